The lowest BCUT2D eigenvalue weighted by Crippen LogP contribution is -2.36. The van der Waals surface area contributed by atoms with E-state index in [4.69, 9.17) is 20.9 Å². The van der Waals surface area contributed by atoms with Crippen LogP contribution in [0.25, 0.3) is 10.9 Å². The van der Waals surface area contributed by atoms with Crippen molar-refractivity contribution in [2.75, 3.05) is 48.8 Å². The third kappa shape index (κ3) is 4.83. The number of anilines is 2. The van der Waals surface area contributed by atoms with Gasteiger partial charge in [-0.1, -0.05) is 11.1 Å². The summed E-state index contributed by atoms with van der Waals surface area (Å²) < 4.78 is 26.9. The Balaban J connectivity index is 2.01. The number of nitrogens with one attached hydrogen (secondary N) is 2. The van der Waals surface area contributed by atoms with Crippen LogP contribution in [0.5, 0.6) is 0 Å². The van der Waals surface area contributed by atoms with Gasteiger partial charge in [0.05, 0.1) is 18.9 Å². The van der Waals surface area contributed by atoms with Gasteiger partial charge in [0.15, 0.2) is 0 Å². The van der Waals surface area contributed by atoms with Gasteiger partial charge in [-0.2, -0.15) is 0 Å². The fourth-order valence-electron chi connectivity index (χ4n) is 3.02. The molecular formula is C18H23N6O3S-. The second kappa shape index (κ2) is 9.58. The van der Waals surface area contributed by atoms with Crippen LogP contribution in [0, 0.1) is 5.41 Å². The van der Waals surface area contributed by atoms with E-state index in [1.807, 2.05) is 12.1 Å². The van der Waals surface area contributed by atoms with Gasteiger partial charge in [-0.25, -0.2) is 4.98 Å². The molecule has 28 heavy (non-hydrogen) atoms. The van der Waals surface area contributed by atoms with Gasteiger partial charge in [0.1, 0.15) is 17.0 Å². The first-order valence-corrected chi connectivity index (χ1v) is 10.2. The number of hydrogen-bond acceptors (Lipinski definition) is 9. The quantitative estimate of drug-likeness (QED) is 0.337. The number of nitrogens with zero attached hydrogens (tertiary/aromatic N) is 3. The summed E-state index contributed by atoms with van der Waals surface area (Å²) >= 11 is -2.05. The zero-order valence-corrected chi connectivity index (χ0v) is 16.2. The van der Waals surface area contributed by atoms with Gasteiger partial charge in [-0.15, -0.1) is 0 Å². The van der Waals surface area contributed by atoms with Crippen molar-refractivity contribution in [2.24, 2.45) is 5.73 Å². The van der Waals surface area contributed by atoms with E-state index in [1.165, 1.54) is 12.3 Å². The fourth-order valence-corrected chi connectivity index (χ4v) is 3.40. The molecule has 1 fully saturated rings. The Hall–Kier alpha value is -2.56. The number of pyridine rings is 2. The summed E-state index contributed by atoms with van der Waals surface area (Å²) in [5, 5.41) is 12.3. The summed E-state index contributed by atoms with van der Waals surface area (Å²) in [4.78, 5) is 11.2. The number of rotatable bonds is 8. The SMILES string of the molecule is N=C(C=CN)c1nccc2c(NCCCS(=O)[O-])cc(N3CCOCC3)nc12. The first-order valence-electron chi connectivity index (χ1n) is 8.99. The van der Waals surface area contributed by atoms with Crippen molar-refractivity contribution in [1.29, 1.82) is 5.41 Å². The van der Waals surface area contributed by atoms with Gasteiger partial charge >= 0.3 is 0 Å². The van der Waals surface area contributed by atoms with Crippen LogP contribution in [0.4, 0.5) is 11.5 Å². The molecule has 1 aliphatic heterocycles. The van der Waals surface area contributed by atoms with Gasteiger partial charge in [0.2, 0.25) is 0 Å². The van der Waals surface area contributed by atoms with Crippen LogP contribution in [0.2, 0.25) is 0 Å². The molecule has 9 nitrogen and oxygen atoms in total. The molecule has 1 saturated heterocycles. The van der Waals surface area contributed by atoms with Gasteiger partial charge < -0.3 is 25.2 Å². The highest BCUT2D eigenvalue weighted by Crippen LogP contribution is 2.29. The van der Waals surface area contributed by atoms with Crippen molar-refractivity contribution in [2.45, 2.75) is 6.42 Å². The van der Waals surface area contributed by atoms with Crippen molar-refractivity contribution in [1.82, 2.24) is 9.97 Å². The molecule has 0 saturated carbocycles. The van der Waals surface area contributed by atoms with Gasteiger partial charge in [-0.3, -0.25) is 14.6 Å². The predicted molar refractivity (Wildman–Crippen MR) is 110 cm³/mol. The average molecular weight is 403 g/mol. The van der Waals surface area contributed by atoms with Crippen LogP contribution in [0.15, 0.2) is 30.6 Å². The molecule has 1 atom stereocenters. The zero-order chi connectivity index (χ0) is 19.9. The summed E-state index contributed by atoms with van der Waals surface area (Å²) in [5.74, 6) is 0.870. The van der Waals surface area contributed by atoms with Crippen molar-refractivity contribution >= 4 is 39.2 Å². The fraction of sp³-hybridized carbons (Fsp3) is 0.389. The lowest BCUT2D eigenvalue weighted by atomic mass is 10.1. The minimum Gasteiger partial charge on any atom is -0.772 e. The Bertz CT molecular complexity index is 898. The molecule has 0 bridgehead atoms. The highest BCUT2D eigenvalue weighted by Gasteiger charge is 2.17. The lowest BCUT2D eigenvalue weighted by molar-refractivity contribution is 0.122. The first kappa shape index (κ1) is 20.2. The third-order valence-electron chi connectivity index (χ3n) is 4.37. The summed E-state index contributed by atoms with van der Waals surface area (Å²) in [6.45, 7) is 3.21. The van der Waals surface area contributed by atoms with E-state index in [9.17, 15) is 8.76 Å². The third-order valence-corrected chi connectivity index (χ3v) is 4.99. The number of ether oxygens (including phenoxy) is 1. The first-order chi connectivity index (χ1) is 13.6. The molecule has 0 aliphatic carbocycles. The molecule has 2 aromatic rings. The Morgan fingerprint density at radius 1 is 1.46 bits per heavy atom. The van der Waals surface area contributed by atoms with Crippen molar-refractivity contribution in [3.05, 3.63) is 36.3 Å². The number of hydrogen-bond donors (Lipinski definition) is 3. The number of morpholine rings is 1. The maximum Gasteiger partial charge on any atom is 0.131 e. The molecule has 3 heterocycles. The molecule has 4 N–H and O–H groups in total. The summed E-state index contributed by atoms with van der Waals surface area (Å²) in [6, 6.07) is 3.79. The Morgan fingerprint density at radius 3 is 2.96 bits per heavy atom. The second-order valence-corrected chi connectivity index (χ2v) is 7.26. The maximum atomic E-state index is 10.8. The molecule has 2 aromatic heterocycles. The largest absolute Gasteiger partial charge is 0.772 e. The smallest absolute Gasteiger partial charge is 0.131 e. The monoisotopic (exact) mass is 403 g/mol. The Labute approximate surface area is 165 Å². The maximum absolute atomic E-state index is 10.8. The van der Waals surface area contributed by atoms with E-state index in [-0.39, 0.29) is 11.5 Å². The van der Waals surface area contributed by atoms with Crippen LogP contribution in [-0.2, 0) is 15.8 Å². The number of nitrogens with two attached hydrogens (primary N) is 1. The molecular weight excluding hydrogens is 380 g/mol. The highest BCUT2D eigenvalue weighted by molar-refractivity contribution is 7.79. The van der Waals surface area contributed by atoms with E-state index in [0.717, 1.165) is 30.0 Å². The predicted octanol–water partition coefficient (Wildman–Crippen LogP) is 0.988. The van der Waals surface area contributed by atoms with Crippen LogP contribution < -0.4 is 16.0 Å². The molecule has 150 valence electrons. The Morgan fingerprint density at radius 2 is 2.25 bits per heavy atom. The normalized spacial score (nSPS) is 15.8. The molecule has 0 aromatic carbocycles. The Kier molecular flexibility index (Phi) is 6.90. The second-order valence-electron chi connectivity index (χ2n) is 6.24. The standard InChI is InChI=1S/C18H24N6O3S/c19-4-2-14(20)18-17-13(3-6-22-18)15(21-5-1-11-28(25)26)12-16(23-17)24-7-9-27-10-8-24/h2-4,6,12,20H,1,5,7-11,19H2,(H,21,23)(H,25,26)/p-1. The summed E-state index contributed by atoms with van der Waals surface area (Å²) in [6.07, 6.45) is 4.90. The molecule has 3 rings (SSSR count). The number of allylic oxidation sites excluding steroid dienone is 1. The summed E-state index contributed by atoms with van der Waals surface area (Å²) in [5.41, 5.74) is 7.49. The molecule has 0 amide bonds. The van der Waals surface area contributed by atoms with Crippen molar-refractivity contribution in [3.8, 4) is 0 Å². The minimum absolute atomic E-state index is 0.102. The molecule has 0 spiro atoms. The summed E-state index contributed by atoms with van der Waals surface area (Å²) in [7, 11) is 0. The molecule has 10 heteroatoms. The van der Waals surface area contributed by atoms with Crippen LogP contribution in [-0.4, -0.2) is 63.0 Å². The van der Waals surface area contributed by atoms with Gasteiger partial charge in [-0.05, 0) is 24.8 Å². The highest BCUT2D eigenvalue weighted by atomic mass is 32.2. The average Bonchev–Trinajstić information content (AvgIpc) is 2.71. The zero-order valence-electron chi connectivity index (χ0n) is 15.4. The molecule has 0 radical (unpaired) electrons. The van der Waals surface area contributed by atoms with Crippen LogP contribution in [0.3, 0.4) is 0 Å². The molecule has 1 unspecified atom stereocenters. The van der Waals surface area contributed by atoms with Crippen molar-refractivity contribution in [3.63, 3.8) is 0 Å². The van der Waals surface area contributed by atoms with E-state index < -0.39 is 11.1 Å². The van der Waals surface area contributed by atoms with Crippen LogP contribution in [0.1, 0.15) is 12.1 Å². The van der Waals surface area contributed by atoms with E-state index in [1.54, 1.807) is 6.20 Å². The van der Waals surface area contributed by atoms with E-state index in [2.05, 4.69) is 15.2 Å². The minimum atomic E-state index is -2.05. The van der Waals surface area contributed by atoms with Crippen molar-refractivity contribution < 1.29 is 13.5 Å². The topological polar surface area (TPSA) is 140 Å². The number of fused-ring (bicyclic) bond motifs is 1. The van der Waals surface area contributed by atoms with E-state index in [0.29, 0.717) is 37.4 Å². The lowest BCUT2D eigenvalue weighted by Gasteiger charge is -2.28. The van der Waals surface area contributed by atoms with E-state index >= 15 is 0 Å². The number of aromatic nitrogens is 2. The van der Waals surface area contributed by atoms with Crippen LogP contribution >= 0.6 is 0 Å². The van der Waals surface area contributed by atoms with Gasteiger partial charge in [0, 0.05) is 48.7 Å². The van der Waals surface area contributed by atoms with Gasteiger partial charge in [0.25, 0.3) is 0 Å². The molecule has 1 aliphatic rings.